The van der Waals surface area contributed by atoms with Crippen LogP contribution in [0.25, 0.3) is 0 Å². The summed E-state index contributed by atoms with van der Waals surface area (Å²) in [7, 11) is 0. The van der Waals surface area contributed by atoms with Gasteiger partial charge in [-0.3, -0.25) is 0 Å². The van der Waals surface area contributed by atoms with Crippen molar-refractivity contribution in [3.63, 3.8) is 0 Å². The summed E-state index contributed by atoms with van der Waals surface area (Å²) in [6.45, 7) is 4.33. The van der Waals surface area contributed by atoms with Crippen molar-refractivity contribution < 1.29 is 9.47 Å². The van der Waals surface area contributed by atoms with E-state index in [2.05, 4.69) is 0 Å². The number of hydrogen-bond acceptors (Lipinski definition) is 3. The van der Waals surface area contributed by atoms with E-state index in [1.54, 1.807) is 0 Å². The molecule has 0 aliphatic rings. The third kappa shape index (κ3) is 3.40. The summed E-state index contributed by atoms with van der Waals surface area (Å²) >= 11 is 4.84. The van der Waals surface area contributed by atoms with Crippen LogP contribution < -0.4 is 15.2 Å². The van der Waals surface area contributed by atoms with Gasteiger partial charge in [0.15, 0.2) is 11.5 Å². The van der Waals surface area contributed by atoms with Gasteiger partial charge in [0, 0.05) is 0 Å². The van der Waals surface area contributed by atoms with E-state index >= 15 is 0 Å². The first-order valence-electron chi connectivity index (χ1n) is 4.83. The van der Waals surface area contributed by atoms with Crippen LogP contribution in [0, 0.1) is 0 Å². The van der Waals surface area contributed by atoms with Gasteiger partial charge in [0.05, 0.1) is 6.61 Å². The van der Waals surface area contributed by atoms with Crippen LogP contribution in [0.15, 0.2) is 24.3 Å². The fourth-order valence-corrected chi connectivity index (χ4v) is 1.12. The topological polar surface area (TPSA) is 44.5 Å². The lowest BCUT2D eigenvalue weighted by Crippen LogP contribution is -2.29. The van der Waals surface area contributed by atoms with Crippen LogP contribution in [-0.2, 0) is 0 Å². The molecular weight excluding hydrogens is 210 g/mol. The highest BCUT2D eigenvalue weighted by atomic mass is 32.1. The van der Waals surface area contributed by atoms with Gasteiger partial charge in [-0.15, -0.1) is 0 Å². The first kappa shape index (κ1) is 11.8. The Balaban J connectivity index is 2.79. The molecule has 3 nitrogen and oxygen atoms in total. The van der Waals surface area contributed by atoms with Crippen LogP contribution in [0.5, 0.6) is 11.5 Å². The Morgan fingerprint density at radius 3 is 2.53 bits per heavy atom. The highest BCUT2D eigenvalue weighted by molar-refractivity contribution is 7.80. The molecule has 1 rings (SSSR count). The first-order valence-corrected chi connectivity index (χ1v) is 5.23. The van der Waals surface area contributed by atoms with Crippen molar-refractivity contribution in [1.82, 2.24) is 0 Å². The van der Waals surface area contributed by atoms with Crippen molar-refractivity contribution in [2.45, 2.75) is 20.0 Å². The highest BCUT2D eigenvalue weighted by Gasteiger charge is 2.10. The van der Waals surface area contributed by atoms with Gasteiger partial charge in [0.2, 0.25) is 0 Å². The Labute approximate surface area is 95.2 Å². The fraction of sp³-hybridized carbons (Fsp3) is 0.364. The summed E-state index contributed by atoms with van der Waals surface area (Å²) in [6, 6.07) is 7.46. The molecule has 15 heavy (non-hydrogen) atoms. The molecule has 1 atom stereocenters. The SMILES string of the molecule is CCOc1ccccc1OC(C)C(N)=S. The molecule has 1 aromatic carbocycles. The van der Waals surface area contributed by atoms with E-state index in [-0.39, 0.29) is 6.10 Å². The molecular formula is C11H15NO2S. The van der Waals surface area contributed by atoms with Crippen molar-refractivity contribution in [2.24, 2.45) is 5.73 Å². The van der Waals surface area contributed by atoms with E-state index in [4.69, 9.17) is 27.4 Å². The maximum absolute atomic E-state index is 5.57. The monoisotopic (exact) mass is 225 g/mol. The highest BCUT2D eigenvalue weighted by Crippen LogP contribution is 2.27. The van der Waals surface area contributed by atoms with Crippen LogP contribution in [0.1, 0.15) is 13.8 Å². The lowest BCUT2D eigenvalue weighted by Gasteiger charge is -2.15. The van der Waals surface area contributed by atoms with Gasteiger partial charge in [0.25, 0.3) is 0 Å². The molecule has 0 saturated heterocycles. The molecule has 1 aromatic rings. The Hall–Kier alpha value is -1.29. The standard InChI is InChI=1S/C11H15NO2S/c1-3-13-9-6-4-5-7-10(9)14-8(2)11(12)15/h4-8H,3H2,1-2H3,(H2,12,15). The average Bonchev–Trinajstić information content (AvgIpc) is 2.21. The quantitative estimate of drug-likeness (QED) is 0.780. The number of nitrogens with two attached hydrogens (primary N) is 1. The molecule has 1 unspecified atom stereocenters. The third-order valence-corrected chi connectivity index (χ3v) is 2.19. The van der Waals surface area contributed by atoms with Gasteiger partial charge in [0.1, 0.15) is 11.1 Å². The number of thiocarbonyl (C=S) groups is 1. The lowest BCUT2D eigenvalue weighted by molar-refractivity contribution is 0.258. The van der Waals surface area contributed by atoms with Gasteiger partial charge >= 0.3 is 0 Å². The van der Waals surface area contributed by atoms with Crippen LogP contribution in [0.4, 0.5) is 0 Å². The Bertz CT molecular complexity index is 341. The van der Waals surface area contributed by atoms with Crippen molar-refractivity contribution >= 4 is 17.2 Å². The average molecular weight is 225 g/mol. The summed E-state index contributed by atoms with van der Waals surface area (Å²) in [5.41, 5.74) is 5.47. The fourth-order valence-electron chi connectivity index (χ4n) is 1.07. The van der Waals surface area contributed by atoms with Crippen molar-refractivity contribution in [2.75, 3.05) is 6.61 Å². The number of benzene rings is 1. The van der Waals surface area contributed by atoms with E-state index in [9.17, 15) is 0 Å². The second-order valence-electron chi connectivity index (χ2n) is 3.04. The van der Waals surface area contributed by atoms with E-state index < -0.39 is 0 Å². The van der Waals surface area contributed by atoms with Crippen LogP contribution in [0.2, 0.25) is 0 Å². The molecule has 0 fully saturated rings. The molecule has 2 N–H and O–H groups in total. The summed E-state index contributed by atoms with van der Waals surface area (Å²) in [4.78, 5) is 0.335. The minimum atomic E-state index is -0.290. The van der Waals surface area contributed by atoms with Gasteiger partial charge in [-0.1, -0.05) is 24.4 Å². The summed E-state index contributed by atoms with van der Waals surface area (Å²) in [6.07, 6.45) is -0.290. The number of rotatable bonds is 5. The first-order chi connectivity index (χ1) is 7.15. The van der Waals surface area contributed by atoms with Gasteiger partial charge in [-0.05, 0) is 26.0 Å². The molecule has 0 aliphatic heterocycles. The zero-order valence-corrected chi connectivity index (χ0v) is 9.71. The molecule has 0 heterocycles. The van der Waals surface area contributed by atoms with E-state index in [0.29, 0.717) is 23.1 Å². The molecule has 0 amide bonds. The van der Waals surface area contributed by atoms with Gasteiger partial charge in [-0.25, -0.2) is 0 Å². The Morgan fingerprint density at radius 1 is 1.40 bits per heavy atom. The van der Waals surface area contributed by atoms with Gasteiger partial charge < -0.3 is 15.2 Å². The number of hydrogen-bond donors (Lipinski definition) is 1. The molecule has 0 aromatic heterocycles. The zero-order valence-electron chi connectivity index (χ0n) is 8.90. The summed E-state index contributed by atoms with van der Waals surface area (Å²) in [5, 5.41) is 0. The van der Waals surface area contributed by atoms with Crippen LogP contribution in [0.3, 0.4) is 0 Å². The van der Waals surface area contributed by atoms with E-state index in [0.717, 1.165) is 0 Å². The number of para-hydroxylation sites is 2. The predicted octanol–water partition coefficient (Wildman–Crippen LogP) is 2.14. The smallest absolute Gasteiger partial charge is 0.162 e. The normalized spacial score (nSPS) is 11.9. The molecule has 0 aliphatic carbocycles. The minimum absolute atomic E-state index is 0.290. The third-order valence-electron chi connectivity index (χ3n) is 1.85. The zero-order chi connectivity index (χ0) is 11.3. The Morgan fingerprint density at radius 2 is 2.00 bits per heavy atom. The molecule has 82 valence electrons. The van der Waals surface area contributed by atoms with E-state index in [1.807, 2.05) is 38.1 Å². The summed E-state index contributed by atoms with van der Waals surface area (Å²) in [5.74, 6) is 1.38. The maximum Gasteiger partial charge on any atom is 0.162 e. The van der Waals surface area contributed by atoms with Crippen molar-refractivity contribution in [3.8, 4) is 11.5 Å². The molecule has 4 heteroatoms. The second-order valence-corrected chi connectivity index (χ2v) is 3.51. The van der Waals surface area contributed by atoms with Gasteiger partial charge in [-0.2, -0.15) is 0 Å². The molecule has 0 saturated carbocycles. The largest absolute Gasteiger partial charge is 0.490 e. The maximum atomic E-state index is 5.57. The molecule has 0 spiro atoms. The lowest BCUT2D eigenvalue weighted by atomic mass is 10.3. The molecule has 0 bridgehead atoms. The van der Waals surface area contributed by atoms with Crippen LogP contribution >= 0.6 is 12.2 Å². The molecule has 0 radical (unpaired) electrons. The predicted molar refractivity (Wildman–Crippen MR) is 64.5 cm³/mol. The minimum Gasteiger partial charge on any atom is -0.490 e. The summed E-state index contributed by atoms with van der Waals surface area (Å²) < 4.78 is 11.0. The number of ether oxygens (including phenoxy) is 2. The van der Waals surface area contributed by atoms with Crippen molar-refractivity contribution in [1.29, 1.82) is 0 Å². The van der Waals surface area contributed by atoms with E-state index in [1.165, 1.54) is 0 Å². The second kappa shape index (κ2) is 5.56. The Kier molecular flexibility index (Phi) is 4.37. The van der Waals surface area contributed by atoms with Crippen molar-refractivity contribution in [3.05, 3.63) is 24.3 Å². The van der Waals surface area contributed by atoms with Crippen LogP contribution in [-0.4, -0.2) is 17.7 Å².